The first-order valence-electron chi connectivity index (χ1n) is 10.0. The third-order valence-electron chi connectivity index (χ3n) is 4.77. The summed E-state index contributed by atoms with van der Waals surface area (Å²) < 4.78 is 0. The van der Waals surface area contributed by atoms with Gasteiger partial charge in [0.15, 0.2) is 0 Å². The van der Waals surface area contributed by atoms with Crippen molar-refractivity contribution >= 4 is 48.2 Å². The van der Waals surface area contributed by atoms with Gasteiger partial charge in [0.05, 0.1) is 6.04 Å². The van der Waals surface area contributed by atoms with Crippen molar-refractivity contribution in [2.24, 2.45) is 5.73 Å². The number of rotatable bonds is 14. The van der Waals surface area contributed by atoms with E-state index in [1.165, 1.54) is 0 Å². The lowest BCUT2D eigenvalue weighted by atomic mass is 10.1. The molecule has 1 saturated heterocycles. The van der Waals surface area contributed by atoms with E-state index in [9.17, 15) is 33.9 Å². The van der Waals surface area contributed by atoms with Crippen molar-refractivity contribution in [2.45, 2.75) is 62.7 Å². The minimum atomic E-state index is -1.48. The fraction of sp³-hybridized carbons (Fsp3) is 0.667. The van der Waals surface area contributed by atoms with Crippen LogP contribution >= 0.6 is 12.6 Å². The van der Waals surface area contributed by atoms with Crippen LogP contribution in [0.4, 0.5) is 0 Å². The van der Waals surface area contributed by atoms with Crippen LogP contribution in [0.2, 0.25) is 0 Å². The number of primary amides is 1. The first kappa shape index (κ1) is 27.2. The van der Waals surface area contributed by atoms with Gasteiger partial charge >= 0.3 is 11.9 Å². The molecule has 4 atom stereocenters. The third kappa shape index (κ3) is 9.51. The second-order valence-electron chi connectivity index (χ2n) is 7.29. The number of hydrogen-bond donors (Lipinski definition) is 8. The molecule has 1 fully saturated rings. The predicted molar refractivity (Wildman–Crippen MR) is 114 cm³/mol. The van der Waals surface area contributed by atoms with Crippen LogP contribution in [0.5, 0.6) is 0 Å². The molecular weight excluding hydrogens is 446 g/mol. The second kappa shape index (κ2) is 13.5. The van der Waals surface area contributed by atoms with Gasteiger partial charge in [-0.25, -0.2) is 4.79 Å². The molecule has 1 aliphatic rings. The average molecular weight is 476 g/mol. The molecule has 1 rings (SSSR count). The summed E-state index contributed by atoms with van der Waals surface area (Å²) in [5.74, 6) is -5.63. The molecule has 4 amide bonds. The quantitative estimate of drug-likeness (QED) is 0.123. The normalized spacial score (nSPS) is 18.1. The highest BCUT2D eigenvalue weighted by Crippen LogP contribution is 2.07. The Morgan fingerprint density at radius 3 is 2.03 bits per heavy atom. The Labute approximate surface area is 189 Å². The van der Waals surface area contributed by atoms with Crippen LogP contribution in [-0.4, -0.2) is 82.2 Å². The SMILES string of the molecule is NC(=O)CCC(NC(=O)C1CCCN1)C(=O)NC(CS)C(=O)NC(CCC(=O)O)C(=O)O. The van der Waals surface area contributed by atoms with Gasteiger partial charge in [-0.1, -0.05) is 0 Å². The van der Waals surface area contributed by atoms with Crippen molar-refractivity contribution in [1.29, 1.82) is 0 Å². The molecule has 0 aromatic rings. The van der Waals surface area contributed by atoms with Crippen molar-refractivity contribution in [3.63, 3.8) is 0 Å². The largest absolute Gasteiger partial charge is 0.481 e. The molecule has 32 heavy (non-hydrogen) atoms. The molecule has 13 nitrogen and oxygen atoms in total. The highest BCUT2D eigenvalue weighted by molar-refractivity contribution is 7.80. The van der Waals surface area contributed by atoms with Gasteiger partial charge in [-0.2, -0.15) is 12.6 Å². The van der Waals surface area contributed by atoms with E-state index >= 15 is 0 Å². The van der Waals surface area contributed by atoms with Crippen LogP contribution in [0, 0.1) is 0 Å². The summed E-state index contributed by atoms with van der Waals surface area (Å²) >= 11 is 3.99. The third-order valence-corrected chi connectivity index (χ3v) is 5.13. The highest BCUT2D eigenvalue weighted by Gasteiger charge is 2.31. The Morgan fingerprint density at radius 2 is 1.53 bits per heavy atom. The van der Waals surface area contributed by atoms with Gasteiger partial charge < -0.3 is 37.2 Å². The molecule has 4 unspecified atom stereocenters. The van der Waals surface area contributed by atoms with Crippen LogP contribution in [0.15, 0.2) is 0 Å². The van der Waals surface area contributed by atoms with Crippen LogP contribution in [-0.2, 0) is 28.8 Å². The van der Waals surface area contributed by atoms with Crippen LogP contribution < -0.4 is 27.0 Å². The van der Waals surface area contributed by atoms with E-state index < -0.39 is 66.2 Å². The number of nitrogens with two attached hydrogens (primary N) is 1. The minimum absolute atomic E-state index is 0.100. The Hall–Kier alpha value is -2.87. The zero-order valence-corrected chi connectivity index (χ0v) is 18.2. The molecule has 0 aromatic heterocycles. The van der Waals surface area contributed by atoms with E-state index in [1.54, 1.807) is 0 Å². The van der Waals surface area contributed by atoms with E-state index in [1.807, 2.05) is 0 Å². The van der Waals surface area contributed by atoms with Gasteiger partial charge in [-0.05, 0) is 32.2 Å². The Bertz CT molecular complexity index is 728. The topological polar surface area (TPSA) is 217 Å². The number of aliphatic carboxylic acids is 2. The summed E-state index contributed by atoms with van der Waals surface area (Å²) in [4.78, 5) is 70.6. The van der Waals surface area contributed by atoms with Gasteiger partial charge in [-0.15, -0.1) is 0 Å². The van der Waals surface area contributed by atoms with E-state index in [0.717, 1.165) is 6.42 Å². The summed E-state index contributed by atoms with van der Waals surface area (Å²) in [6, 6.07) is -4.38. The molecule has 14 heteroatoms. The Morgan fingerprint density at radius 1 is 0.938 bits per heavy atom. The minimum Gasteiger partial charge on any atom is -0.481 e. The summed E-state index contributed by atoms with van der Waals surface area (Å²) in [5, 5.41) is 27.9. The number of amides is 4. The van der Waals surface area contributed by atoms with E-state index in [0.29, 0.717) is 13.0 Å². The number of carboxylic acid groups (broad SMARTS) is 2. The number of hydrogen-bond acceptors (Lipinski definition) is 8. The average Bonchev–Trinajstić information content (AvgIpc) is 3.26. The van der Waals surface area contributed by atoms with Crippen molar-refractivity contribution in [1.82, 2.24) is 21.3 Å². The number of carbonyl (C=O) groups excluding carboxylic acids is 4. The maximum Gasteiger partial charge on any atom is 0.326 e. The maximum atomic E-state index is 12.7. The number of nitrogens with one attached hydrogen (secondary N) is 4. The molecule has 180 valence electrons. The molecule has 0 bridgehead atoms. The molecule has 1 aliphatic heterocycles. The summed E-state index contributed by atoms with van der Waals surface area (Å²) in [5.41, 5.74) is 5.13. The lowest BCUT2D eigenvalue weighted by Gasteiger charge is -2.24. The zero-order valence-electron chi connectivity index (χ0n) is 17.3. The summed E-state index contributed by atoms with van der Waals surface area (Å²) in [6.07, 6.45) is 0.262. The fourth-order valence-corrected chi connectivity index (χ4v) is 3.26. The second-order valence-corrected chi connectivity index (χ2v) is 7.66. The molecule has 0 saturated carbocycles. The molecule has 8 N–H and O–H groups in total. The van der Waals surface area contributed by atoms with Crippen LogP contribution in [0.25, 0.3) is 0 Å². The van der Waals surface area contributed by atoms with Crippen LogP contribution in [0.3, 0.4) is 0 Å². The number of thiol groups is 1. The van der Waals surface area contributed by atoms with Crippen LogP contribution in [0.1, 0.15) is 38.5 Å². The molecule has 1 heterocycles. The van der Waals surface area contributed by atoms with Gasteiger partial charge in [0.1, 0.15) is 18.1 Å². The van der Waals surface area contributed by atoms with Gasteiger partial charge in [-0.3, -0.25) is 24.0 Å². The molecule has 0 spiro atoms. The van der Waals surface area contributed by atoms with E-state index in [2.05, 4.69) is 33.9 Å². The van der Waals surface area contributed by atoms with Gasteiger partial charge in [0.25, 0.3) is 0 Å². The standard InChI is InChI=1S/C18H29N5O8S/c19-13(24)5-3-10(21-15(27)9-2-1-7-20-9)16(28)23-12(8-32)17(29)22-11(18(30)31)4-6-14(25)26/h9-12,20,32H,1-8H2,(H2,19,24)(H,21,27)(H,22,29)(H,23,28)(H,25,26)(H,30,31). The number of carboxylic acids is 2. The Kier molecular flexibility index (Phi) is 11.5. The lowest BCUT2D eigenvalue weighted by Crippen LogP contribution is -2.57. The zero-order chi connectivity index (χ0) is 24.3. The fourth-order valence-electron chi connectivity index (χ4n) is 3.00. The lowest BCUT2D eigenvalue weighted by molar-refractivity contribution is -0.143. The van der Waals surface area contributed by atoms with E-state index in [-0.39, 0.29) is 25.0 Å². The van der Waals surface area contributed by atoms with Crippen molar-refractivity contribution in [3.8, 4) is 0 Å². The highest BCUT2D eigenvalue weighted by atomic mass is 32.1. The van der Waals surface area contributed by atoms with Crippen molar-refractivity contribution < 1.29 is 39.0 Å². The first-order valence-corrected chi connectivity index (χ1v) is 10.7. The molecule has 0 radical (unpaired) electrons. The van der Waals surface area contributed by atoms with E-state index in [4.69, 9.17) is 10.8 Å². The molecule has 0 aliphatic carbocycles. The maximum absolute atomic E-state index is 12.7. The monoisotopic (exact) mass is 475 g/mol. The number of carbonyl (C=O) groups is 6. The molecular formula is C18H29N5O8S. The van der Waals surface area contributed by atoms with Crippen molar-refractivity contribution in [2.75, 3.05) is 12.3 Å². The van der Waals surface area contributed by atoms with Gasteiger partial charge in [0, 0.05) is 18.6 Å². The smallest absolute Gasteiger partial charge is 0.326 e. The summed E-state index contributed by atoms with van der Waals surface area (Å²) in [7, 11) is 0. The summed E-state index contributed by atoms with van der Waals surface area (Å²) in [6.45, 7) is 0.657. The van der Waals surface area contributed by atoms with Crippen molar-refractivity contribution in [3.05, 3.63) is 0 Å². The first-order chi connectivity index (χ1) is 15.0. The Balaban J connectivity index is 2.80. The molecule has 0 aromatic carbocycles. The predicted octanol–water partition coefficient (Wildman–Crippen LogP) is -2.66. The van der Waals surface area contributed by atoms with Gasteiger partial charge in [0.2, 0.25) is 23.6 Å².